The van der Waals surface area contributed by atoms with Crippen molar-refractivity contribution in [1.82, 2.24) is 15.1 Å². The third kappa shape index (κ3) is 4.63. The first-order valence-corrected chi connectivity index (χ1v) is 7.65. The molecule has 2 amide bonds. The van der Waals surface area contributed by atoms with Crippen molar-refractivity contribution in [2.24, 2.45) is 0 Å². The molecule has 3 rings (SSSR count). The molecule has 128 valence electrons. The molecular formula is C18H16F2N4O. The number of anilines is 1. The smallest absolute Gasteiger partial charge is 0.319 e. The number of aromatic nitrogens is 2. The van der Waals surface area contributed by atoms with Crippen molar-refractivity contribution in [3.8, 4) is 0 Å². The van der Waals surface area contributed by atoms with Crippen molar-refractivity contribution < 1.29 is 13.6 Å². The number of nitrogens with zero attached hydrogens (tertiary/aromatic N) is 2. The van der Waals surface area contributed by atoms with Crippen LogP contribution in [-0.4, -0.2) is 15.8 Å². The van der Waals surface area contributed by atoms with Crippen LogP contribution in [0.3, 0.4) is 0 Å². The number of carbonyl (C=O) groups is 1. The second kappa shape index (κ2) is 7.57. The Hall–Kier alpha value is -3.22. The highest BCUT2D eigenvalue weighted by Crippen LogP contribution is 2.14. The predicted molar refractivity (Wildman–Crippen MR) is 90.0 cm³/mol. The summed E-state index contributed by atoms with van der Waals surface area (Å²) in [5.41, 5.74) is 1.91. The highest BCUT2D eigenvalue weighted by molar-refractivity contribution is 5.89. The Morgan fingerprint density at radius 3 is 2.52 bits per heavy atom. The summed E-state index contributed by atoms with van der Waals surface area (Å²) in [5.74, 6) is -1.52. The Labute approximate surface area is 143 Å². The molecule has 1 heterocycles. The fourth-order valence-corrected chi connectivity index (χ4v) is 2.28. The van der Waals surface area contributed by atoms with Crippen LogP contribution in [0, 0.1) is 11.6 Å². The quantitative estimate of drug-likeness (QED) is 0.745. The summed E-state index contributed by atoms with van der Waals surface area (Å²) in [6, 6.07) is 12.0. The first-order valence-electron chi connectivity index (χ1n) is 7.65. The van der Waals surface area contributed by atoms with Gasteiger partial charge in [0.25, 0.3) is 0 Å². The van der Waals surface area contributed by atoms with Gasteiger partial charge in [-0.2, -0.15) is 5.10 Å². The average molecular weight is 342 g/mol. The topological polar surface area (TPSA) is 59.0 Å². The molecule has 0 aliphatic carbocycles. The molecule has 1 aromatic heterocycles. The molecule has 0 atom stereocenters. The van der Waals surface area contributed by atoms with E-state index in [0.29, 0.717) is 12.6 Å². The highest BCUT2D eigenvalue weighted by Gasteiger charge is 2.07. The van der Waals surface area contributed by atoms with Crippen LogP contribution in [-0.2, 0) is 13.1 Å². The zero-order valence-electron chi connectivity index (χ0n) is 13.2. The number of hydrogen-bond donors (Lipinski definition) is 2. The molecule has 5 nitrogen and oxygen atoms in total. The molecule has 0 aliphatic heterocycles. The summed E-state index contributed by atoms with van der Waals surface area (Å²) >= 11 is 0. The van der Waals surface area contributed by atoms with Crippen molar-refractivity contribution in [1.29, 1.82) is 0 Å². The normalized spacial score (nSPS) is 10.5. The van der Waals surface area contributed by atoms with Crippen LogP contribution < -0.4 is 10.6 Å². The van der Waals surface area contributed by atoms with Crippen molar-refractivity contribution in [2.45, 2.75) is 13.1 Å². The molecule has 0 unspecified atom stereocenters. The highest BCUT2D eigenvalue weighted by atomic mass is 19.1. The van der Waals surface area contributed by atoms with Crippen molar-refractivity contribution in [3.05, 3.63) is 83.7 Å². The van der Waals surface area contributed by atoms with Crippen molar-refractivity contribution in [2.75, 3.05) is 5.32 Å². The molecule has 0 fully saturated rings. The van der Waals surface area contributed by atoms with Gasteiger partial charge in [0.15, 0.2) is 0 Å². The molecular weight excluding hydrogens is 326 g/mol. The number of amides is 2. The van der Waals surface area contributed by atoms with Gasteiger partial charge in [0.05, 0.1) is 12.2 Å². The maximum atomic E-state index is 13.5. The Bertz CT molecular complexity index is 848. The molecule has 0 saturated carbocycles. The molecule has 2 aromatic carbocycles. The molecule has 0 radical (unpaired) electrons. The maximum absolute atomic E-state index is 13.5. The van der Waals surface area contributed by atoms with Crippen LogP contribution in [0.15, 0.2) is 60.9 Å². The van der Waals surface area contributed by atoms with E-state index in [9.17, 15) is 13.6 Å². The number of rotatable bonds is 5. The van der Waals surface area contributed by atoms with Crippen LogP contribution in [0.2, 0.25) is 0 Å². The monoisotopic (exact) mass is 342 g/mol. The molecule has 3 aromatic rings. The van der Waals surface area contributed by atoms with Crippen LogP contribution in [0.4, 0.5) is 19.3 Å². The van der Waals surface area contributed by atoms with Gasteiger partial charge < -0.3 is 10.6 Å². The van der Waals surface area contributed by atoms with Crippen LogP contribution >= 0.6 is 0 Å². The van der Waals surface area contributed by atoms with Gasteiger partial charge in [0.1, 0.15) is 11.6 Å². The van der Waals surface area contributed by atoms with Gasteiger partial charge >= 0.3 is 6.03 Å². The summed E-state index contributed by atoms with van der Waals surface area (Å²) in [6.45, 7) is 0.960. The van der Waals surface area contributed by atoms with Gasteiger partial charge in [-0.15, -0.1) is 0 Å². The number of hydrogen-bond acceptors (Lipinski definition) is 2. The van der Waals surface area contributed by atoms with Gasteiger partial charge in [-0.3, -0.25) is 4.68 Å². The summed E-state index contributed by atoms with van der Waals surface area (Å²) in [7, 11) is 0. The SMILES string of the molecule is O=C(NCc1ccc(Cn2cccn2)cc1)Nc1ccc(F)cc1F. The average Bonchev–Trinajstić information content (AvgIpc) is 3.10. The molecule has 2 N–H and O–H groups in total. The Balaban J connectivity index is 1.51. The van der Waals surface area contributed by atoms with Crippen molar-refractivity contribution >= 4 is 11.7 Å². The lowest BCUT2D eigenvalue weighted by molar-refractivity contribution is 0.251. The van der Waals surface area contributed by atoms with E-state index in [-0.39, 0.29) is 12.2 Å². The minimum atomic E-state index is -0.821. The molecule has 0 bridgehead atoms. The van der Waals surface area contributed by atoms with Gasteiger partial charge in [-0.1, -0.05) is 24.3 Å². The van der Waals surface area contributed by atoms with E-state index in [1.807, 2.05) is 41.2 Å². The van der Waals surface area contributed by atoms with Gasteiger partial charge in [-0.05, 0) is 29.3 Å². The predicted octanol–water partition coefficient (Wildman–Crippen LogP) is 3.53. The molecule has 7 heteroatoms. The summed E-state index contributed by atoms with van der Waals surface area (Å²) < 4.78 is 28.1. The van der Waals surface area contributed by atoms with Crippen LogP contribution in [0.25, 0.3) is 0 Å². The zero-order chi connectivity index (χ0) is 17.6. The number of benzene rings is 2. The van der Waals surface area contributed by atoms with Crippen LogP contribution in [0.1, 0.15) is 11.1 Å². The van der Waals surface area contributed by atoms with Gasteiger partial charge in [0, 0.05) is 25.0 Å². The van der Waals surface area contributed by atoms with Crippen LogP contribution in [0.5, 0.6) is 0 Å². The van der Waals surface area contributed by atoms with E-state index >= 15 is 0 Å². The Morgan fingerprint density at radius 2 is 1.84 bits per heavy atom. The minimum absolute atomic E-state index is 0.0755. The van der Waals surface area contributed by atoms with E-state index < -0.39 is 17.7 Å². The first-order chi connectivity index (χ1) is 12.1. The van der Waals surface area contributed by atoms with E-state index in [4.69, 9.17) is 0 Å². The second-order valence-electron chi connectivity index (χ2n) is 5.45. The number of urea groups is 1. The lowest BCUT2D eigenvalue weighted by Gasteiger charge is -2.09. The third-order valence-electron chi connectivity index (χ3n) is 3.56. The summed E-state index contributed by atoms with van der Waals surface area (Å²) in [4.78, 5) is 11.8. The van der Waals surface area contributed by atoms with Gasteiger partial charge in [0.2, 0.25) is 0 Å². The lowest BCUT2D eigenvalue weighted by atomic mass is 10.1. The molecule has 0 saturated heterocycles. The summed E-state index contributed by atoms with van der Waals surface area (Å²) in [5, 5.41) is 9.11. The standard InChI is InChI=1S/C18H16F2N4O/c19-15-6-7-17(16(20)10-15)23-18(25)21-11-13-2-4-14(5-3-13)12-24-9-1-8-22-24/h1-10H,11-12H2,(H2,21,23,25). The number of carbonyl (C=O) groups excluding carboxylic acids is 1. The molecule has 0 aliphatic rings. The summed E-state index contributed by atoms with van der Waals surface area (Å²) in [6.07, 6.45) is 3.61. The fraction of sp³-hybridized carbons (Fsp3) is 0.111. The van der Waals surface area contributed by atoms with E-state index in [1.54, 1.807) is 6.20 Å². The van der Waals surface area contributed by atoms with E-state index in [0.717, 1.165) is 17.2 Å². The molecule has 25 heavy (non-hydrogen) atoms. The van der Waals surface area contributed by atoms with E-state index in [1.165, 1.54) is 6.07 Å². The van der Waals surface area contributed by atoms with Crippen molar-refractivity contribution in [3.63, 3.8) is 0 Å². The number of halogens is 2. The Kier molecular flexibility index (Phi) is 5.03. The lowest BCUT2D eigenvalue weighted by Crippen LogP contribution is -2.28. The Morgan fingerprint density at radius 1 is 1.08 bits per heavy atom. The largest absolute Gasteiger partial charge is 0.334 e. The number of nitrogens with one attached hydrogen (secondary N) is 2. The maximum Gasteiger partial charge on any atom is 0.319 e. The molecule has 0 spiro atoms. The third-order valence-corrected chi connectivity index (χ3v) is 3.56. The van der Waals surface area contributed by atoms with Gasteiger partial charge in [-0.25, -0.2) is 13.6 Å². The second-order valence-corrected chi connectivity index (χ2v) is 5.45. The fourth-order valence-electron chi connectivity index (χ4n) is 2.28. The van der Waals surface area contributed by atoms with E-state index in [2.05, 4.69) is 15.7 Å². The first kappa shape index (κ1) is 16.6. The zero-order valence-corrected chi connectivity index (χ0v) is 13.2. The minimum Gasteiger partial charge on any atom is -0.334 e.